The van der Waals surface area contributed by atoms with E-state index in [0.29, 0.717) is 24.6 Å². The largest absolute Gasteiger partial charge is 0.491 e. The van der Waals surface area contributed by atoms with Gasteiger partial charge >= 0.3 is 0 Å². The van der Waals surface area contributed by atoms with Crippen LogP contribution in [-0.2, 0) is 0 Å². The van der Waals surface area contributed by atoms with Crippen molar-refractivity contribution in [3.05, 3.63) is 29.3 Å². The van der Waals surface area contributed by atoms with Crippen molar-refractivity contribution in [3.63, 3.8) is 0 Å². The smallest absolute Gasteiger partial charge is 0.122 e. The first kappa shape index (κ1) is 15.3. The molecule has 1 aliphatic carbocycles. The van der Waals surface area contributed by atoms with Crippen LogP contribution in [-0.4, -0.2) is 30.4 Å². The van der Waals surface area contributed by atoms with Crippen LogP contribution in [0.5, 0.6) is 5.75 Å². The van der Waals surface area contributed by atoms with Crippen molar-refractivity contribution in [2.45, 2.75) is 52.7 Å². The van der Waals surface area contributed by atoms with Crippen LogP contribution in [0, 0.1) is 19.3 Å². The third-order valence-electron chi connectivity index (χ3n) is 4.51. The summed E-state index contributed by atoms with van der Waals surface area (Å²) < 4.78 is 5.70. The Labute approximate surface area is 122 Å². The summed E-state index contributed by atoms with van der Waals surface area (Å²) in [6.45, 7) is 9.51. The highest BCUT2D eigenvalue weighted by Gasteiger charge is 2.42. The monoisotopic (exact) mass is 277 g/mol. The van der Waals surface area contributed by atoms with E-state index in [1.54, 1.807) is 0 Å². The number of hydrogen-bond donors (Lipinski definition) is 2. The van der Waals surface area contributed by atoms with E-state index in [1.165, 1.54) is 18.4 Å². The summed E-state index contributed by atoms with van der Waals surface area (Å²) in [5, 5.41) is 13.4. The van der Waals surface area contributed by atoms with Crippen molar-refractivity contribution >= 4 is 0 Å². The Morgan fingerprint density at radius 2 is 2.05 bits per heavy atom. The second-order valence-electron chi connectivity index (χ2n) is 6.52. The number of aryl methyl sites for hydroxylation is 2. The second-order valence-corrected chi connectivity index (χ2v) is 6.52. The van der Waals surface area contributed by atoms with E-state index in [2.05, 4.69) is 32.2 Å². The lowest BCUT2D eigenvalue weighted by Gasteiger charge is -2.22. The lowest BCUT2D eigenvalue weighted by molar-refractivity contribution is 0.101. The fraction of sp³-hybridized carbons (Fsp3) is 0.647. The van der Waals surface area contributed by atoms with Crippen molar-refractivity contribution in [3.8, 4) is 5.75 Å². The van der Waals surface area contributed by atoms with E-state index in [-0.39, 0.29) is 0 Å². The third kappa shape index (κ3) is 3.97. The molecule has 1 aromatic rings. The highest BCUT2D eigenvalue weighted by molar-refractivity contribution is 5.35. The van der Waals surface area contributed by atoms with Crippen LogP contribution in [0.2, 0.25) is 0 Å². The molecule has 2 rings (SSSR count). The molecule has 0 aromatic heterocycles. The first-order chi connectivity index (χ1) is 9.40. The van der Waals surface area contributed by atoms with E-state index in [9.17, 15) is 5.11 Å². The lowest BCUT2D eigenvalue weighted by atomic mass is 10.0. The van der Waals surface area contributed by atoms with Crippen molar-refractivity contribution in [2.24, 2.45) is 5.41 Å². The van der Waals surface area contributed by atoms with Gasteiger partial charge in [-0.25, -0.2) is 0 Å². The maximum atomic E-state index is 10.0. The Kier molecular flexibility index (Phi) is 4.71. The van der Waals surface area contributed by atoms with E-state index in [1.807, 2.05) is 19.1 Å². The maximum Gasteiger partial charge on any atom is 0.122 e. The van der Waals surface area contributed by atoms with Gasteiger partial charge in [-0.3, -0.25) is 0 Å². The Hall–Kier alpha value is -1.06. The SMILES string of the molecule is Cc1ccc(OCC(O)CNC(C)C2(C)CC2)c(C)c1. The molecule has 0 saturated heterocycles. The molecule has 2 unspecified atom stereocenters. The van der Waals surface area contributed by atoms with Gasteiger partial charge in [-0.1, -0.05) is 24.6 Å². The fourth-order valence-corrected chi connectivity index (χ4v) is 2.40. The van der Waals surface area contributed by atoms with Gasteiger partial charge in [-0.15, -0.1) is 0 Å². The quantitative estimate of drug-likeness (QED) is 0.805. The highest BCUT2D eigenvalue weighted by atomic mass is 16.5. The average molecular weight is 277 g/mol. The molecule has 1 aromatic carbocycles. The molecule has 1 saturated carbocycles. The minimum Gasteiger partial charge on any atom is -0.491 e. The van der Waals surface area contributed by atoms with Gasteiger partial charge in [-0.05, 0) is 50.7 Å². The summed E-state index contributed by atoms with van der Waals surface area (Å²) >= 11 is 0. The van der Waals surface area contributed by atoms with Crippen LogP contribution >= 0.6 is 0 Å². The van der Waals surface area contributed by atoms with Crippen molar-refractivity contribution in [2.75, 3.05) is 13.2 Å². The Morgan fingerprint density at radius 1 is 1.35 bits per heavy atom. The summed E-state index contributed by atoms with van der Waals surface area (Å²) in [5.41, 5.74) is 2.78. The summed E-state index contributed by atoms with van der Waals surface area (Å²) in [6, 6.07) is 6.55. The van der Waals surface area contributed by atoms with Gasteiger partial charge in [0.15, 0.2) is 0 Å². The van der Waals surface area contributed by atoms with E-state index >= 15 is 0 Å². The number of aliphatic hydroxyl groups is 1. The molecule has 0 spiro atoms. The standard InChI is InChI=1S/C17H27NO2/c1-12-5-6-16(13(2)9-12)20-11-15(19)10-18-14(3)17(4)7-8-17/h5-6,9,14-15,18-19H,7-8,10-11H2,1-4H3. The number of hydrogen-bond acceptors (Lipinski definition) is 3. The first-order valence-corrected chi connectivity index (χ1v) is 7.52. The number of benzene rings is 1. The molecule has 0 heterocycles. The van der Waals surface area contributed by atoms with Crippen LogP contribution < -0.4 is 10.1 Å². The molecule has 0 aliphatic heterocycles. The van der Waals surface area contributed by atoms with Crippen LogP contribution in [0.1, 0.15) is 37.8 Å². The zero-order chi connectivity index (χ0) is 14.8. The Bertz CT molecular complexity index is 454. The molecular weight excluding hydrogens is 250 g/mol. The zero-order valence-corrected chi connectivity index (χ0v) is 13.1. The van der Waals surface area contributed by atoms with Crippen LogP contribution in [0.15, 0.2) is 18.2 Å². The molecule has 2 N–H and O–H groups in total. The average Bonchev–Trinajstić information content (AvgIpc) is 3.14. The number of rotatable bonds is 7. The summed E-state index contributed by atoms with van der Waals surface area (Å²) in [7, 11) is 0. The van der Waals surface area contributed by atoms with Crippen molar-refractivity contribution in [1.29, 1.82) is 0 Å². The minimum atomic E-state index is -0.472. The predicted octanol–water partition coefficient (Wildman–Crippen LogP) is 2.82. The highest BCUT2D eigenvalue weighted by Crippen LogP contribution is 2.47. The van der Waals surface area contributed by atoms with Gasteiger partial charge in [0, 0.05) is 12.6 Å². The van der Waals surface area contributed by atoms with Gasteiger partial charge < -0.3 is 15.2 Å². The Morgan fingerprint density at radius 3 is 2.65 bits per heavy atom. The van der Waals surface area contributed by atoms with Gasteiger partial charge in [0.2, 0.25) is 0 Å². The van der Waals surface area contributed by atoms with Crippen LogP contribution in [0.4, 0.5) is 0 Å². The van der Waals surface area contributed by atoms with E-state index in [0.717, 1.165) is 11.3 Å². The minimum absolute atomic E-state index is 0.334. The molecule has 3 nitrogen and oxygen atoms in total. The molecule has 112 valence electrons. The van der Waals surface area contributed by atoms with E-state index < -0.39 is 6.10 Å². The first-order valence-electron chi connectivity index (χ1n) is 7.52. The normalized spacial score (nSPS) is 19.4. The summed E-state index contributed by atoms with van der Waals surface area (Å²) in [6.07, 6.45) is 2.10. The van der Waals surface area contributed by atoms with Gasteiger partial charge in [0.25, 0.3) is 0 Å². The number of aliphatic hydroxyl groups excluding tert-OH is 1. The Balaban J connectivity index is 1.73. The van der Waals surface area contributed by atoms with Gasteiger partial charge in [0.1, 0.15) is 18.5 Å². The molecule has 2 atom stereocenters. The van der Waals surface area contributed by atoms with Crippen molar-refractivity contribution in [1.82, 2.24) is 5.32 Å². The summed E-state index contributed by atoms with van der Waals surface area (Å²) in [4.78, 5) is 0. The fourth-order valence-electron chi connectivity index (χ4n) is 2.40. The number of ether oxygens (including phenoxy) is 1. The molecule has 20 heavy (non-hydrogen) atoms. The topological polar surface area (TPSA) is 41.5 Å². The lowest BCUT2D eigenvalue weighted by Crippen LogP contribution is -2.40. The van der Waals surface area contributed by atoms with Gasteiger partial charge in [-0.2, -0.15) is 0 Å². The molecule has 3 heteroatoms. The maximum absolute atomic E-state index is 10.0. The van der Waals surface area contributed by atoms with Crippen LogP contribution in [0.25, 0.3) is 0 Å². The molecular formula is C17H27NO2. The number of nitrogens with one attached hydrogen (secondary N) is 1. The molecule has 0 bridgehead atoms. The van der Waals surface area contributed by atoms with Crippen LogP contribution in [0.3, 0.4) is 0 Å². The second kappa shape index (κ2) is 6.15. The third-order valence-corrected chi connectivity index (χ3v) is 4.51. The zero-order valence-electron chi connectivity index (χ0n) is 13.1. The van der Waals surface area contributed by atoms with E-state index in [4.69, 9.17) is 4.74 Å². The molecule has 1 fully saturated rings. The van der Waals surface area contributed by atoms with Crippen molar-refractivity contribution < 1.29 is 9.84 Å². The summed E-state index contributed by atoms with van der Waals surface area (Å²) in [5.74, 6) is 0.858. The molecule has 0 radical (unpaired) electrons. The predicted molar refractivity (Wildman–Crippen MR) is 82.2 cm³/mol. The molecule has 0 amide bonds. The molecule has 1 aliphatic rings. The van der Waals surface area contributed by atoms with Gasteiger partial charge in [0.05, 0.1) is 0 Å².